The molecule has 0 aliphatic carbocycles. The number of rotatable bonds is 18. The lowest BCUT2D eigenvalue weighted by Crippen LogP contribution is -2.57. The largest absolute Gasteiger partial charge is 0.497 e. The molecular weight excluding hydrogens is 669 g/mol. The van der Waals surface area contributed by atoms with Crippen LogP contribution in [0.5, 0.6) is 5.75 Å². The minimum absolute atomic E-state index is 0.0288. The number of hydrogen-bond acceptors (Lipinski definition) is 10. The third-order valence-corrected chi connectivity index (χ3v) is 11.0. The highest BCUT2D eigenvalue weighted by atomic mass is 32.2. The van der Waals surface area contributed by atoms with Crippen LogP contribution in [0, 0.1) is 16.7 Å². The van der Waals surface area contributed by atoms with Gasteiger partial charge in [0.1, 0.15) is 23.3 Å². The Morgan fingerprint density at radius 1 is 1.08 bits per heavy atom. The Hall–Kier alpha value is -3.92. The van der Waals surface area contributed by atoms with Crippen molar-refractivity contribution >= 4 is 33.3 Å². The van der Waals surface area contributed by atoms with E-state index in [-0.39, 0.29) is 55.4 Å². The zero-order chi connectivity index (χ0) is 35.7. The number of sulfonamides is 1. The summed E-state index contributed by atoms with van der Waals surface area (Å²) in [6.07, 6.45) is -1.05. The third-order valence-electron chi connectivity index (χ3n) is 8.26. The molecule has 49 heavy (non-hydrogen) atoms. The number of thiazole rings is 1. The lowest BCUT2D eigenvalue weighted by atomic mass is 9.97. The number of aliphatic hydroxyl groups is 1. The number of nitroso groups, excluding NO2 is 1. The lowest BCUT2D eigenvalue weighted by molar-refractivity contribution is -0.128. The minimum Gasteiger partial charge on any atom is -0.497 e. The first kappa shape index (κ1) is 37.9. The van der Waals surface area contributed by atoms with E-state index in [0.717, 1.165) is 5.56 Å². The first-order valence-corrected chi connectivity index (χ1v) is 18.6. The topological polar surface area (TPSA) is 162 Å². The Kier molecular flexibility index (Phi) is 13.3. The van der Waals surface area contributed by atoms with Crippen LogP contribution < -0.4 is 10.1 Å². The van der Waals surface area contributed by atoms with E-state index < -0.39 is 34.1 Å². The first-order chi connectivity index (χ1) is 23.3. The van der Waals surface area contributed by atoms with Crippen LogP contribution in [-0.2, 0) is 34.3 Å². The molecule has 4 rings (SSSR count). The Bertz CT molecular complexity index is 1650. The van der Waals surface area contributed by atoms with Gasteiger partial charge in [0.05, 0.1) is 36.4 Å². The fourth-order valence-corrected chi connectivity index (χ4v) is 8.20. The molecule has 15 heteroatoms. The van der Waals surface area contributed by atoms with Crippen molar-refractivity contribution in [2.75, 3.05) is 33.3 Å². The number of aliphatic hydroxyl groups excluding tert-OH is 1. The van der Waals surface area contributed by atoms with Crippen LogP contribution in [0.15, 0.2) is 70.0 Å². The van der Waals surface area contributed by atoms with Gasteiger partial charge in [0.15, 0.2) is 0 Å². The van der Waals surface area contributed by atoms with Crippen molar-refractivity contribution in [2.24, 2.45) is 17.0 Å². The number of ether oxygens (including phenoxy) is 1. The van der Waals surface area contributed by atoms with Gasteiger partial charge < -0.3 is 25.0 Å². The second kappa shape index (κ2) is 17.1. The van der Waals surface area contributed by atoms with Crippen molar-refractivity contribution in [3.63, 3.8) is 0 Å². The van der Waals surface area contributed by atoms with Crippen LogP contribution in [0.25, 0.3) is 0 Å². The molecule has 0 saturated carbocycles. The number of benzene rings is 2. The number of nitrogens with one attached hydrogen (secondary N) is 1. The van der Waals surface area contributed by atoms with E-state index in [1.807, 2.05) is 58.0 Å². The normalized spacial score (nSPS) is 15.6. The Morgan fingerprint density at radius 3 is 2.39 bits per heavy atom. The quantitative estimate of drug-likeness (QED) is 0.186. The number of hydrogen-bond donors (Lipinski definition) is 2. The van der Waals surface area contributed by atoms with E-state index in [4.69, 9.17) is 4.74 Å². The molecule has 2 aromatic carbocycles. The van der Waals surface area contributed by atoms with Gasteiger partial charge in [-0.1, -0.05) is 63.2 Å². The highest BCUT2D eigenvalue weighted by molar-refractivity contribution is 7.89. The molecule has 3 aromatic rings. The summed E-state index contributed by atoms with van der Waals surface area (Å²) in [5, 5.41) is 19.9. The number of nitrogens with zero attached hydrogens (tertiary/aromatic N) is 5. The first-order valence-electron chi connectivity index (χ1n) is 16.3. The molecule has 0 radical (unpaired) electrons. The van der Waals surface area contributed by atoms with Crippen LogP contribution in [0.1, 0.15) is 44.0 Å². The second-order valence-electron chi connectivity index (χ2n) is 12.9. The average molecular weight is 715 g/mol. The van der Waals surface area contributed by atoms with E-state index in [1.54, 1.807) is 22.4 Å². The molecule has 1 aliphatic heterocycles. The summed E-state index contributed by atoms with van der Waals surface area (Å²) in [5.74, 6) is -0.236. The molecule has 1 fully saturated rings. The molecule has 1 aromatic heterocycles. The summed E-state index contributed by atoms with van der Waals surface area (Å²) >= 11 is 1.30. The summed E-state index contributed by atoms with van der Waals surface area (Å²) in [7, 11) is -2.51. The molecule has 0 bridgehead atoms. The smallest absolute Gasteiger partial charge is 0.321 e. The van der Waals surface area contributed by atoms with E-state index in [0.29, 0.717) is 29.5 Å². The Morgan fingerprint density at radius 2 is 1.78 bits per heavy atom. The van der Waals surface area contributed by atoms with Crippen LogP contribution in [0.4, 0.5) is 4.79 Å². The van der Waals surface area contributed by atoms with Crippen LogP contribution in [0.3, 0.4) is 0 Å². The zero-order valence-electron chi connectivity index (χ0n) is 28.6. The van der Waals surface area contributed by atoms with Gasteiger partial charge in [-0.15, -0.1) is 11.3 Å². The van der Waals surface area contributed by atoms with Crippen molar-refractivity contribution in [3.8, 4) is 5.75 Å². The predicted octanol–water partition coefficient (Wildman–Crippen LogP) is 4.12. The minimum atomic E-state index is -4.01. The second-order valence-corrected chi connectivity index (χ2v) is 15.8. The van der Waals surface area contributed by atoms with Crippen molar-refractivity contribution in [1.82, 2.24) is 24.4 Å². The summed E-state index contributed by atoms with van der Waals surface area (Å²) in [6, 6.07) is 13.4. The molecule has 2 heterocycles. The fourth-order valence-electron chi connectivity index (χ4n) is 5.89. The fraction of sp³-hybridized carbons (Fsp3) is 0.500. The van der Waals surface area contributed by atoms with Gasteiger partial charge in [0.2, 0.25) is 15.9 Å². The van der Waals surface area contributed by atoms with Crippen LogP contribution in [0.2, 0.25) is 0 Å². The average Bonchev–Trinajstić information content (AvgIpc) is 3.66. The van der Waals surface area contributed by atoms with Crippen molar-refractivity contribution in [2.45, 2.75) is 70.3 Å². The number of carbonyl (C=O) groups is 2. The summed E-state index contributed by atoms with van der Waals surface area (Å²) < 4.78 is 34.1. The lowest BCUT2D eigenvalue weighted by Gasteiger charge is -2.34. The predicted molar refractivity (Wildman–Crippen MR) is 187 cm³/mol. The zero-order valence-corrected chi connectivity index (χ0v) is 30.2. The van der Waals surface area contributed by atoms with Crippen molar-refractivity contribution in [1.29, 1.82) is 0 Å². The summed E-state index contributed by atoms with van der Waals surface area (Å²) in [6.45, 7) is 8.30. The highest BCUT2D eigenvalue weighted by Crippen LogP contribution is 2.24. The molecule has 266 valence electrons. The van der Waals surface area contributed by atoms with E-state index in [9.17, 15) is 28.0 Å². The van der Waals surface area contributed by atoms with E-state index in [1.165, 1.54) is 39.8 Å². The molecule has 0 spiro atoms. The molecule has 0 unspecified atom stereocenters. The van der Waals surface area contributed by atoms with Gasteiger partial charge in [-0.3, -0.25) is 4.79 Å². The monoisotopic (exact) mass is 714 g/mol. The molecule has 1 aliphatic rings. The van der Waals surface area contributed by atoms with Gasteiger partial charge in [-0.2, -0.15) is 9.21 Å². The molecule has 2 N–H and O–H groups in total. The maximum Gasteiger partial charge on any atom is 0.321 e. The molecule has 13 nitrogen and oxygen atoms in total. The van der Waals surface area contributed by atoms with Crippen molar-refractivity contribution in [3.05, 3.63) is 81.1 Å². The standard InChI is InChI=1S/C34H46N6O7S2/c1-23(2)19-39(49(45,46)28-13-11-27(47-5)12-14-28)21-30(41)29(17-25-9-7-6-8-10-25)37-33(42)32(24(3)4)40-16-15-38(34(40)43)20-26-22-48-31(36-26)18-35-44/h6-14,22-24,29-30,32,41H,15-21H2,1-5H3,(H,37,42)/t29-,30+,32-/m0/s1. The molecular formula is C34H46N6O7S2. The number of urea groups is 1. The molecule has 3 amide bonds. The number of aromatic nitrogens is 1. The van der Waals surface area contributed by atoms with Gasteiger partial charge in [-0.05, 0) is 48.1 Å². The van der Waals surface area contributed by atoms with Crippen molar-refractivity contribution < 1.29 is 27.9 Å². The van der Waals surface area contributed by atoms with Gasteiger partial charge >= 0.3 is 6.03 Å². The maximum atomic E-state index is 14.1. The third kappa shape index (κ3) is 9.84. The van der Waals surface area contributed by atoms with Crippen LogP contribution >= 0.6 is 11.3 Å². The molecule has 1 saturated heterocycles. The van der Waals surface area contributed by atoms with E-state index in [2.05, 4.69) is 15.5 Å². The molecule has 3 atom stereocenters. The number of carbonyl (C=O) groups excluding carboxylic acids is 2. The van der Waals surface area contributed by atoms with Crippen LogP contribution in [-0.4, -0.2) is 96.0 Å². The highest BCUT2D eigenvalue weighted by Gasteiger charge is 2.40. The summed E-state index contributed by atoms with van der Waals surface area (Å²) in [5.41, 5.74) is 1.49. The van der Waals surface area contributed by atoms with Gasteiger partial charge in [0, 0.05) is 31.6 Å². The van der Waals surface area contributed by atoms with Gasteiger partial charge in [0.25, 0.3) is 0 Å². The summed E-state index contributed by atoms with van der Waals surface area (Å²) in [4.78, 5) is 45.9. The number of amides is 3. The maximum absolute atomic E-state index is 14.1. The SMILES string of the molecule is COc1ccc(S(=O)(=O)N(CC(C)C)C[C@@H](O)[C@H](Cc2ccccc2)NC(=O)[C@H](C(C)C)N2CCN(Cc3csc(CN=O)n3)C2=O)cc1. The Labute approximate surface area is 292 Å². The Balaban J connectivity index is 1.55. The van der Waals surface area contributed by atoms with E-state index >= 15 is 0 Å². The number of methoxy groups -OCH3 is 1. The van der Waals surface area contributed by atoms with Gasteiger partial charge in [-0.25, -0.2) is 18.2 Å².